The molecule has 1 saturated heterocycles. The first-order chi connectivity index (χ1) is 18.5. The van der Waals surface area contributed by atoms with Crippen molar-refractivity contribution in [3.05, 3.63) is 83.3 Å². The Morgan fingerprint density at radius 2 is 1.92 bits per heavy atom. The fourth-order valence-electron chi connectivity index (χ4n) is 4.09. The van der Waals surface area contributed by atoms with E-state index < -0.39 is 6.03 Å². The van der Waals surface area contributed by atoms with Crippen molar-refractivity contribution in [2.75, 3.05) is 50.1 Å². The molecule has 1 aliphatic rings. The lowest BCUT2D eigenvalue weighted by atomic mass is 10.1. The van der Waals surface area contributed by atoms with Crippen LogP contribution in [0.5, 0.6) is 0 Å². The SMILES string of the molecule is C[C@@H](NC(=O)Nc1cc(C=N)c(Nc2ccc(F)cc2)c(COCCN2CCOCC2)n1)c1ccccc1. The molecule has 0 aliphatic carbocycles. The van der Waals surface area contributed by atoms with Gasteiger partial charge in [-0.15, -0.1) is 0 Å². The van der Waals surface area contributed by atoms with E-state index in [0.29, 0.717) is 42.5 Å². The Kier molecular flexibility index (Phi) is 9.74. The van der Waals surface area contributed by atoms with Crippen LogP contribution >= 0.6 is 0 Å². The number of nitrogens with one attached hydrogen (secondary N) is 4. The summed E-state index contributed by atoms with van der Waals surface area (Å²) in [5.74, 6) is -0.0550. The molecular formula is C28H33FN6O3. The molecule has 2 heterocycles. The van der Waals surface area contributed by atoms with Gasteiger partial charge in [0.2, 0.25) is 0 Å². The van der Waals surface area contributed by atoms with Crippen LogP contribution in [-0.4, -0.2) is 61.6 Å². The van der Waals surface area contributed by atoms with E-state index in [1.54, 1.807) is 18.2 Å². The Morgan fingerprint density at radius 1 is 1.18 bits per heavy atom. The van der Waals surface area contributed by atoms with Gasteiger partial charge in [0.05, 0.1) is 43.9 Å². The van der Waals surface area contributed by atoms with E-state index in [9.17, 15) is 9.18 Å². The number of aromatic nitrogens is 1. The second-order valence-electron chi connectivity index (χ2n) is 8.93. The van der Waals surface area contributed by atoms with Gasteiger partial charge in [0.25, 0.3) is 0 Å². The number of hydrogen-bond acceptors (Lipinski definition) is 7. The number of morpholine rings is 1. The summed E-state index contributed by atoms with van der Waals surface area (Å²) >= 11 is 0. The number of ether oxygens (including phenoxy) is 2. The molecule has 0 bridgehead atoms. The summed E-state index contributed by atoms with van der Waals surface area (Å²) in [6.45, 7) is 6.48. The number of nitrogens with zero attached hydrogens (tertiary/aromatic N) is 2. The number of rotatable bonds is 11. The highest BCUT2D eigenvalue weighted by Gasteiger charge is 2.16. The van der Waals surface area contributed by atoms with E-state index >= 15 is 0 Å². The van der Waals surface area contributed by atoms with Gasteiger partial charge in [-0.05, 0) is 42.8 Å². The molecule has 4 N–H and O–H groups in total. The fraction of sp³-hybridized carbons (Fsp3) is 0.321. The second-order valence-corrected chi connectivity index (χ2v) is 8.93. The molecule has 0 unspecified atom stereocenters. The summed E-state index contributed by atoms with van der Waals surface area (Å²) < 4.78 is 24.8. The Morgan fingerprint density at radius 3 is 2.63 bits per heavy atom. The third-order valence-corrected chi connectivity index (χ3v) is 6.18. The largest absolute Gasteiger partial charge is 0.379 e. The molecule has 2 aromatic carbocycles. The molecule has 3 aromatic rings. The Hall–Kier alpha value is -3.86. The van der Waals surface area contributed by atoms with Crippen molar-refractivity contribution in [3.8, 4) is 0 Å². The summed E-state index contributed by atoms with van der Waals surface area (Å²) in [5, 5.41) is 16.9. The zero-order chi connectivity index (χ0) is 26.7. The average Bonchev–Trinajstić information content (AvgIpc) is 2.94. The molecule has 1 aliphatic heterocycles. The third kappa shape index (κ3) is 7.82. The molecule has 1 fully saturated rings. The predicted molar refractivity (Wildman–Crippen MR) is 146 cm³/mol. The van der Waals surface area contributed by atoms with Gasteiger partial charge in [0, 0.05) is 37.1 Å². The predicted octanol–water partition coefficient (Wildman–Crippen LogP) is 4.69. The van der Waals surface area contributed by atoms with Gasteiger partial charge in [-0.2, -0.15) is 0 Å². The lowest BCUT2D eigenvalue weighted by molar-refractivity contribution is 0.0177. The van der Waals surface area contributed by atoms with Crippen LogP contribution < -0.4 is 16.0 Å². The van der Waals surface area contributed by atoms with Crippen molar-refractivity contribution in [2.24, 2.45) is 0 Å². The van der Waals surface area contributed by atoms with E-state index in [4.69, 9.17) is 14.9 Å². The number of pyridine rings is 1. The van der Waals surface area contributed by atoms with Crippen LogP contribution in [0.1, 0.15) is 29.8 Å². The highest BCUT2D eigenvalue weighted by molar-refractivity contribution is 5.93. The molecule has 38 heavy (non-hydrogen) atoms. The second kappa shape index (κ2) is 13.6. The van der Waals surface area contributed by atoms with Gasteiger partial charge >= 0.3 is 6.03 Å². The van der Waals surface area contributed by atoms with Gasteiger partial charge in [0.15, 0.2) is 0 Å². The van der Waals surface area contributed by atoms with Crippen molar-refractivity contribution < 1.29 is 18.7 Å². The quantitative estimate of drug-likeness (QED) is 0.216. The molecule has 2 amide bonds. The van der Waals surface area contributed by atoms with E-state index in [1.807, 2.05) is 37.3 Å². The molecule has 4 rings (SSSR count). The molecule has 0 radical (unpaired) electrons. The minimum Gasteiger partial charge on any atom is -0.379 e. The number of halogens is 1. The van der Waals surface area contributed by atoms with Crippen LogP contribution in [0.15, 0.2) is 60.7 Å². The minimum absolute atomic E-state index is 0.159. The smallest absolute Gasteiger partial charge is 0.320 e. The van der Waals surface area contributed by atoms with Crippen LogP contribution in [0, 0.1) is 11.2 Å². The molecule has 200 valence electrons. The maximum Gasteiger partial charge on any atom is 0.320 e. The first kappa shape index (κ1) is 27.2. The highest BCUT2D eigenvalue weighted by atomic mass is 19.1. The Bertz CT molecular complexity index is 1200. The average molecular weight is 521 g/mol. The van der Waals surface area contributed by atoms with Crippen LogP contribution in [0.3, 0.4) is 0 Å². The molecule has 0 saturated carbocycles. The van der Waals surface area contributed by atoms with Crippen LogP contribution in [0.4, 0.5) is 26.4 Å². The van der Waals surface area contributed by atoms with Crippen LogP contribution in [0.2, 0.25) is 0 Å². The van der Waals surface area contributed by atoms with Gasteiger partial charge in [-0.3, -0.25) is 10.2 Å². The van der Waals surface area contributed by atoms with Gasteiger partial charge in [-0.1, -0.05) is 30.3 Å². The topological polar surface area (TPSA) is 112 Å². The number of urea groups is 1. The monoisotopic (exact) mass is 520 g/mol. The summed E-state index contributed by atoms with van der Waals surface area (Å²) in [5.41, 5.74) is 3.19. The lowest BCUT2D eigenvalue weighted by Gasteiger charge is -2.26. The maximum absolute atomic E-state index is 13.4. The van der Waals surface area contributed by atoms with E-state index in [2.05, 4.69) is 25.8 Å². The number of anilines is 3. The van der Waals surface area contributed by atoms with Gasteiger partial charge < -0.3 is 25.5 Å². The third-order valence-electron chi connectivity index (χ3n) is 6.18. The van der Waals surface area contributed by atoms with Gasteiger partial charge in [-0.25, -0.2) is 14.2 Å². The zero-order valence-electron chi connectivity index (χ0n) is 21.4. The first-order valence-electron chi connectivity index (χ1n) is 12.6. The van der Waals surface area contributed by atoms with E-state index in [0.717, 1.165) is 25.2 Å². The van der Waals surface area contributed by atoms with Crippen LogP contribution in [-0.2, 0) is 16.1 Å². The van der Waals surface area contributed by atoms with Crippen LogP contribution in [0.25, 0.3) is 0 Å². The standard InChI is InChI=1S/C28H33FN6O3/c1-20(21-5-3-2-4-6-21)31-28(36)34-26-17-22(18-30)27(32-24-9-7-23(29)8-10-24)25(33-26)19-38-16-13-35-11-14-37-15-12-35/h2-10,17-18,20,30,32H,11-16,19H2,1H3,(H2,31,33,34,36)/t20-/m1/s1. The summed E-state index contributed by atoms with van der Waals surface area (Å²) in [6.07, 6.45) is 1.18. The first-order valence-corrected chi connectivity index (χ1v) is 12.6. The summed E-state index contributed by atoms with van der Waals surface area (Å²) in [7, 11) is 0. The number of benzene rings is 2. The van der Waals surface area contributed by atoms with Crippen molar-refractivity contribution in [1.82, 2.24) is 15.2 Å². The summed E-state index contributed by atoms with van der Waals surface area (Å²) in [6, 6.07) is 16.6. The van der Waals surface area contributed by atoms with Crippen molar-refractivity contribution in [2.45, 2.75) is 19.6 Å². The molecule has 10 heteroatoms. The molecule has 1 atom stereocenters. The molecule has 0 spiro atoms. The van der Waals surface area contributed by atoms with E-state index in [-0.39, 0.29) is 24.3 Å². The Labute approximate surface area is 221 Å². The zero-order valence-corrected chi connectivity index (χ0v) is 21.4. The normalized spacial score (nSPS) is 14.5. The molecule has 9 nitrogen and oxygen atoms in total. The number of hydrogen-bond donors (Lipinski definition) is 4. The summed E-state index contributed by atoms with van der Waals surface area (Å²) in [4.78, 5) is 19.6. The Balaban J connectivity index is 1.49. The number of amides is 2. The highest BCUT2D eigenvalue weighted by Crippen LogP contribution is 2.27. The molecule has 1 aromatic heterocycles. The maximum atomic E-state index is 13.4. The number of carbonyl (C=O) groups is 1. The van der Waals surface area contributed by atoms with Crippen molar-refractivity contribution >= 4 is 29.4 Å². The minimum atomic E-state index is -0.414. The number of carbonyl (C=O) groups excluding carboxylic acids is 1. The van der Waals surface area contributed by atoms with Crippen molar-refractivity contribution in [1.29, 1.82) is 5.41 Å². The fourth-order valence-corrected chi connectivity index (χ4v) is 4.09. The van der Waals surface area contributed by atoms with Gasteiger partial charge in [0.1, 0.15) is 11.6 Å². The molecular weight excluding hydrogens is 487 g/mol. The van der Waals surface area contributed by atoms with E-state index in [1.165, 1.54) is 18.3 Å². The van der Waals surface area contributed by atoms with Crippen molar-refractivity contribution in [3.63, 3.8) is 0 Å². The lowest BCUT2D eigenvalue weighted by Crippen LogP contribution is -2.38.